The molecule has 4 aromatic heterocycles. The average Bonchev–Trinajstić information content (AvgIpc) is 3.38. The Morgan fingerprint density at radius 1 is 1.22 bits per heavy atom. The fourth-order valence-corrected chi connectivity index (χ4v) is 3.72. The number of hydrogen-bond acceptors (Lipinski definition) is 8. The van der Waals surface area contributed by atoms with Crippen molar-refractivity contribution in [3.63, 3.8) is 0 Å². The second-order valence-corrected chi connectivity index (χ2v) is 7.69. The SMILES string of the molecule is Cc1cnc(NC(=O)Cc2csc(Nc3cccc(-n4cccn4)n3)n2)s1. The van der Waals surface area contributed by atoms with Gasteiger partial charge in [-0.3, -0.25) is 4.79 Å². The number of aromatic nitrogens is 5. The minimum Gasteiger partial charge on any atom is -0.316 e. The van der Waals surface area contributed by atoms with Crippen LogP contribution >= 0.6 is 22.7 Å². The molecule has 1 amide bonds. The molecule has 8 nitrogen and oxygen atoms in total. The van der Waals surface area contributed by atoms with Crippen LogP contribution in [0.3, 0.4) is 0 Å². The predicted octanol–water partition coefficient (Wildman–Crippen LogP) is 3.41. The zero-order valence-corrected chi connectivity index (χ0v) is 15.9. The molecule has 0 aliphatic rings. The van der Waals surface area contributed by atoms with Gasteiger partial charge in [0.15, 0.2) is 16.1 Å². The number of carbonyl (C=O) groups is 1. The molecule has 0 unspecified atom stereocenters. The highest BCUT2D eigenvalue weighted by Crippen LogP contribution is 2.21. The van der Waals surface area contributed by atoms with Crippen LogP contribution in [0.2, 0.25) is 0 Å². The molecule has 10 heteroatoms. The van der Waals surface area contributed by atoms with Gasteiger partial charge in [-0.2, -0.15) is 5.10 Å². The highest BCUT2D eigenvalue weighted by Gasteiger charge is 2.10. The minimum absolute atomic E-state index is 0.139. The van der Waals surface area contributed by atoms with Gasteiger partial charge in [-0.15, -0.1) is 22.7 Å². The van der Waals surface area contributed by atoms with Crippen molar-refractivity contribution in [2.24, 2.45) is 0 Å². The monoisotopic (exact) mass is 397 g/mol. The molecule has 0 aliphatic heterocycles. The van der Waals surface area contributed by atoms with E-state index in [1.807, 2.05) is 42.8 Å². The number of hydrogen-bond donors (Lipinski definition) is 2. The molecule has 0 saturated carbocycles. The fourth-order valence-electron chi connectivity index (χ4n) is 2.32. The Morgan fingerprint density at radius 3 is 2.93 bits per heavy atom. The van der Waals surface area contributed by atoms with Crippen LogP contribution in [0.1, 0.15) is 10.6 Å². The first-order valence-corrected chi connectivity index (χ1v) is 9.76. The van der Waals surface area contributed by atoms with Crippen molar-refractivity contribution in [3.05, 3.63) is 58.8 Å². The van der Waals surface area contributed by atoms with Gasteiger partial charge in [0, 0.05) is 28.8 Å². The maximum absolute atomic E-state index is 12.1. The summed E-state index contributed by atoms with van der Waals surface area (Å²) in [5.41, 5.74) is 0.691. The van der Waals surface area contributed by atoms with E-state index in [9.17, 15) is 4.79 Å². The van der Waals surface area contributed by atoms with E-state index >= 15 is 0 Å². The maximum Gasteiger partial charge on any atom is 0.232 e. The molecule has 0 aromatic carbocycles. The van der Waals surface area contributed by atoms with E-state index in [0.717, 1.165) is 4.88 Å². The number of anilines is 3. The molecule has 0 aliphatic carbocycles. The van der Waals surface area contributed by atoms with Crippen molar-refractivity contribution in [1.29, 1.82) is 0 Å². The molecule has 0 radical (unpaired) electrons. The highest BCUT2D eigenvalue weighted by atomic mass is 32.1. The molecule has 0 atom stereocenters. The minimum atomic E-state index is -0.139. The highest BCUT2D eigenvalue weighted by molar-refractivity contribution is 7.15. The molecule has 136 valence electrons. The smallest absolute Gasteiger partial charge is 0.232 e. The van der Waals surface area contributed by atoms with Crippen LogP contribution in [0.4, 0.5) is 16.1 Å². The second kappa shape index (κ2) is 7.64. The molecule has 4 rings (SSSR count). The van der Waals surface area contributed by atoms with E-state index in [4.69, 9.17) is 0 Å². The summed E-state index contributed by atoms with van der Waals surface area (Å²) >= 11 is 2.87. The third kappa shape index (κ3) is 4.36. The molecule has 0 saturated heterocycles. The standard InChI is InChI=1S/C17H15N7OS2/c1-11-9-18-16(27-11)23-15(25)8-12-10-26-17(20-12)22-13-4-2-5-14(21-13)24-7-3-6-19-24/h2-7,9-10H,8H2,1H3,(H,18,23,25)(H,20,21,22). The normalized spacial score (nSPS) is 10.7. The predicted molar refractivity (Wildman–Crippen MR) is 106 cm³/mol. The van der Waals surface area contributed by atoms with Crippen LogP contribution in [0.5, 0.6) is 0 Å². The lowest BCUT2D eigenvalue weighted by molar-refractivity contribution is -0.115. The number of aryl methyl sites for hydroxylation is 1. The van der Waals surface area contributed by atoms with Crippen molar-refractivity contribution in [2.45, 2.75) is 13.3 Å². The van der Waals surface area contributed by atoms with Crippen LogP contribution in [-0.2, 0) is 11.2 Å². The van der Waals surface area contributed by atoms with Crippen LogP contribution < -0.4 is 10.6 Å². The second-order valence-electron chi connectivity index (χ2n) is 5.60. The number of pyridine rings is 1. The van der Waals surface area contributed by atoms with Crippen molar-refractivity contribution in [3.8, 4) is 5.82 Å². The molecule has 2 N–H and O–H groups in total. The van der Waals surface area contributed by atoms with Gasteiger partial charge in [0.25, 0.3) is 0 Å². The fraction of sp³-hybridized carbons (Fsp3) is 0.118. The van der Waals surface area contributed by atoms with Crippen LogP contribution in [0.15, 0.2) is 48.2 Å². The van der Waals surface area contributed by atoms with Crippen LogP contribution in [0, 0.1) is 6.92 Å². The summed E-state index contributed by atoms with van der Waals surface area (Å²) in [6.07, 6.45) is 5.45. The van der Waals surface area contributed by atoms with E-state index in [0.29, 0.717) is 27.6 Å². The topological polar surface area (TPSA) is 97.6 Å². The van der Waals surface area contributed by atoms with E-state index < -0.39 is 0 Å². The summed E-state index contributed by atoms with van der Waals surface area (Å²) in [5.74, 6) is 1.23. The Bertz CT molecular complexity index is 1050. The lowest BCUT2D eigenvalue weighted by atomic mass is 10.3. The van der Waals surface area contributed by atoms with E-state index in [1.54, 1.807) is 17.1 Å². The number of amides is 1. The maximum atomic E-state index is 12.1. The van der Waals surface area contributed by atoms with Crippen LogP contribution in [-0.4, -0.2) is 30.6 Å². The summed E-state index contributed by atoms with van der Waals surface area (Å²) in [5, 5.41) is 13.3. The molecule has 4 heterocycles. The number of thiazole rings is 2. The lowest BCUT2D eigenvalue weighted by Gasteiger charge is -2.05. The number of nitrogens with one attached hydrogen (secondary N) is 2. The van der Waals surface area contributed by atoms with Crippen molar-refractivity contribution >= 4 is 44.7 Å². The summed E-state index contributed by atoms with van der Waals surface area (Å²) in [7, 11) is 0. The van der Waals surface area contributed by atoms with Gasteiger partial charge < -0.3 is 10.6 Å². The summed E-state index contributed by atoms with van der Waals surface area (Å²) < 4.78 is 1.68. The third-order valence-corrected chi connectivity index (χ3v) is 5.10. The largest absolute Gasteiger partial charge is 0.316 e. The van der Waals surface area contributed by atoms with Gasteiger partial charge >= 0.3 is 0 Å². The zero-order valence-electron chi connectivity index (χ0n) is 14.3. The number of carbonyl (C=O) groups excluding carboxylic acids is 1. The summed E-state index contributed by atoms with van der Waals surface area (Å²) in [6.45, 7) is 1.95. The van der Waals surface area contributed by atoms with Crippen molar-refractivity contribution in [2.75, 3.05) is 10.6 Å². The Labute approximate surface area is 163 Å². The van der Waals surface area contributed by atoms with E-state index in [2.05, 4.69) is 30.7 Å². The number of rotatable bonds is 6. The Kier molecular flexibility index (Phi) is 4.90. The molecule has 0 fully saturated rings. The van der Waals surface area contributed by atoms with Gasteiger partial charge in [0.05, 0.1) is 12.1 Å². The first-order chi connectivity index (χ1) is 13.2. The summed E-state index contributed by atoms with van der Waals surface area (Å²) in [6, 6.07) is 7.46. The lowest BCUT2D eigenvalue weighted by Crippen LogP contribution is -2.14. The van der Waals surface area contributed by atoms with Gasteiger partial charge in [-0.1, -0.05) is 6.07 Å². The van der Waals surface area contributed by atoms with Crippen molar-refractivity contribution in [1.82, 2.24) is 24.7 Å². The molecular formula is C17H15N7OS2. The van der Waals surface area contributed by atoms with E-state index in [-0.39, 0.29) is 12.3 Å². The van der Waals surface area contributed by atoms with Gasteiger partial charge in [0.1, 0.15) is 5.82 Å². The Hall–Kier alpha value is -3.11. The summed E-state index contributed by atoms with van der Waals surface area (Å²) in [4.78, 5) is 26.3. The first-order valence-electron chi connectivity index (χ1n) is 8.06. The quantitative estimate of drug-likeness (QED) is 0.517. The zero-order chi connectivity index (χ0) is 18.6. The van der Waals surface area contributed by atoms with Crippen molar-refractivity contribution < 1.29 is 4.79 Å². The molecule has 0 spiro atoms. The van der Waals surface area contributed by atoms with E-state index in [1.165, 1.54) is 22.7 Å². The first kappa shape index (κ1) is 17.3. The van der Waals surface area contributed by atoms with Crippen LogP contribution in [0.25, 0.3) is 5.82 Å². The average molecular weight is 397 g/mol. The molecule has 27 heavy (non-hydrogen) atoms. The third-order valence-electron chi connectivity index (χ3n) is 3.47. The van der Waals surface area contributed by atoms with Gasteiger partial charge in [-0.25, -0.2) is 19.6 Å². The Morgan fingerprint density at radius 2 is 2.15 bits per heavy atom. The van der Waals surface area contributed by atoms with Gasteiger partial charge in [0.2, 0.25) is 5.91 Å². The molecular weight excluding hydrogens is 382 g/mol. The molecule has 0 bridgehead atoms. The Balaban J connectivity index is 1.39. The van der Waals surface area contributed by atoms with Gasteiger partial charge in [-0.05, 0) is 25.1 Å². The molecule has 4 aromatic rings. The number of nitrogens with zero attached hydrogens (tertiary/aromatic N) is 5.